The van der Waals surface area contributed by atoms with Crippen molar-refractivity contribution in [3.05, 3.63) is 42.9 Å². The molecule has 2 aromatic heterocycles. The van der Waals surface area contributed by atoms with Gasteiger partial charge in [0.15, 0.2) is 0 Å². The first-order chi connectivity index (χ1) is 13.5. The van der Waals surface area contributed by atoms with Gasteiger partial charge in [0.25, 0.3) is 0 Å². The Morgan fingerprint density at radius 3 is 2.50 bits per heavy atom. The van der Waals surface area contributed by atoms with Crippen molar-refractivity contribution in [2.45, 2.75) is 38.2 Å². The van der Waals surface area contributed by atoms with Gasteiger partial charge in [-0.1, -0.05) is 6.07 Å². The fourth-order valence-electron chi connectivity index (χ4n) is 3.65. The molecule has 0 spiro atoms. The number of rotatable bonds is 6. The van der Waals surface area contributed by atoms with Crippen LogP contribution in [0.15, 0.2) is 42.9 Å². The lowest BCUT2D eigenvalue weighted by Gasteiger charge is -2.32. The van der Waals surface area contributed by atoms with Crippen molar-refractivity contribution in [1.82, 2.24) is 24.5 Å². The van der Waals surface area contributed by atoms with Crippen molar-refractivity contribution in [2.75, 3.05) is 19.6 Å². The summed E-state index contributed by atoms with van der Waals surface area (Å²) in [4.78, 5) is 4.03. The normalized spacial score (nSPS) is 16.7. The minimum atomic E-state index is -4.25. The highest BCUT2D eigenvalue weighted by Gasteiger charge is 2.28. The molecule has 1 saturated heterocycles. The average Bonchev–Trinajstić information content (AvgIpc) is 3.31. The monoisotopic (exact) mass is 393 g/mol. The van der Waals surface area contributed by atoms with Crippen LogP contribution < -0.4 is 4.74 Å². The number of halogens is 3. The number of piperidine rings is 1. The van der Waals surface area contributed by atoms with E-state index in [0.29, 0.717) is 11.3 Å². The number of aromatic nitrogens is 4. The summed E-state index contributed by atoms with van der Waals surface area (Å²) < 4.78 is 45.6. The Kier molecular flexibility index (Phi) is 5.25. The molecule has 3 aromatic rings. The summed E-state index contributed by atoms with van der Waals surface area (Å²) in [6, 6.07) is 6.97. The van der Waals surface area contributed by atoms with Crippen molar-refractivity contribution < 1.29 is 17.9 Å². The van der Waals surface area contributed by atoms with E-state index in [4.69, 9.17) is 4.74 Å². The molecule has 0 aliphatic carbocycles. The zero-order valence-electron chi connectivity index (χ0n) is 15.3. The predicted octanol–water partition coefficient (Wildman–Crippen LogP) is 3.34. The van der Waals surface area contributed by atoms with Crippen LogP contribution in [0.5, 0.6) is 5.75 Å². The Hall–Kier alpha value is -2.55. The molecule has 28 heavy (non-hydrogen) atoms. The first-order valence-corrected chi connectivity index (χ1v) is 9.36. The molecule has 0 bridgehead atoms. The van der Waals surface area contributed by atoms with Gasteiger partial charge in [-0.2, -0.15) is 28.2 Å². The zero-order valence-corrected chi connectivity index (χ0v) is 15.3. The number of alkyl halides is 3. The summed E-state index contributed by atoms with van der Waals surface area (Å²) in [5.41, 5.74) is 0.541. The molecule has 1 aromatic carbocycles. The van der Waals surface area contributed by atoms with Gasteiger partial charge in [0.1, 0.15) is 18.4 Å². The van der Waals surface area contributed by atoms with Gasteiger partial charge in [0, 0.05) is 31.2 Å². The topological polar surface area (TPSA) is 48.1 Å². The van der Waals surface area contributed by atoms with E-state index in [1.165, 1.54) is 10.8 Å². The van der Waals surface area contributed by atoms with Gasteiger partial charge in [-0.3, -0.25) is 0 Å². The second kappa shape index (κ2) is 7.83. The number of hydrogen-bond donors (Lipinski definition) is 0. The van der Waals surface area contributed by atoms with Crippen LogP contribution in [0.1, 0.15) is 12.8 Å². The van der Waals surface area contributed by atoms with Crippen molar-refractivity contribution in [1.29, 1.82) is 0 Å². The third-order valence-corrected chi connectivity index (χ3v) is 5.03. The smallest absolute Gasteiger partial charge is 0.406 e. The fraction of sp³-hybridized carbons (Fsp3) is 0.474. The summed E-state index contributed by atoms with van der Waals surface area (Å²) in [5.74, 6) is 0.651. The fourth-order valence-corrected chi connectivity index (χ4v) is 3.65. The molecule has 0 saturated carbocycles. The summed E-state index contributed by atoms with van der Waals surface area (Å²) in [6.45, 7) is 2.47. The van der Waals surface area contributed by atoms with Gasteiger partial charge in [-0.15, -0.1) is 0 Å². The second-order valence-corrected chi connectivity index (χ2v) is 7.03. The van der Waals surface area contributed by atoms with Gasteiger partial charge in [-0.25, -0.2) is 0 Å². The Bertz CT molecular complexity index is 898. The van der Waals surface area contributed by atoms with Crippen LogP contribution in [-0.2, 0) is 13.1 Å². The van der Waals surface area contributed by atoms with Gasteiger partial charge < -0.3 is 14.2 Å². The van der Waals surface area contributed by atoms with Gasteiger partial charge in [0.2, 0.25) is 0 Å². The lowest BCUT2D eigenvalue weighted by atomic mass is 10.1. The van der Waals surface area contributed by atoms with E-state index in [1.54, 1.807) is 35.4 Å². The molecule has 1 fully saturated rings. The molecule has 0 radical (unpaired) electrons. The van der Waals surface area contributed by atoms with E-state index in [2.05, 4.69) is 15.1 Å². The van der Waals surface area contributed by atoms with E-state index in [0.717, 1.165) is 44.4 Å². The molecular formula is C19H22F3N5O. The highest BCUT2D eigenvalue weighted by atomic mass is 19.4. The molecule has 0 unspecified atom stereocenters. The van der Waals surface area contributed by atoms with Crippen LogP contribution in [0, 0.1) is 0 Å². The molecule has 9 heteroatoms. The molecule has 6 nitrogen and oxygen atoms in total. The standard InChI is InChI=1S/C19H22F3N5O/c20-19(21,22)14-26-11-6-16-17(26)2-1-3-18(16)28-15-4-9-25(10-5-15)12-13-27-23-7-8-24-27/h1-3,6-8,11,15H,4-5,9-10,12-14H2. The van der Waals surface area contributed by atoms with E-state index in [1.807, 2.05) is 6.07 Å². The van der Waals surface area contributed by atoms with Crippen molar-refractivity contribution in [3.8, 4) is 5.75 Å². The summed E-state index contributed by atoms with van der Waals surface area (Å²) >= 11 is 0. The zero-order chi connectivity index (χ0) is 19.6. The first kappa shape index (κ1) is 18.8. The van der Waals surface area contributed by atoms with Crippen molar-refractivity contribution in [2.24, 2.45) is 0 Å². The molecule has 150 valence electrons. The van der Waals surface area contributed by atoms with Gasteiger partial charge in [-0.05, 0) is 31.0 Å². The molecule has 4 rings (SSSR count). The van der Waals surface area contributed by atoms with Gasteiger partial charge in [0.05, 0.1) is 24.5 Å². The Labute approximate surface area is 160 Å². The number of nitrogens with zero attached hydrogens (tertiary/aromatic N) is 5. The second-order valence-electron chi connectivity index (χ2n) is 7.03. The number of likely N-dealkylation sites (tertiary alicyclic amines) is 1. The Balaban J connectivity index is 1.35. The summed E-state index contributed by atoms with van der Waals surface area (Å²) in [6.07, 6.45) is 2.39. The minimum absolute atomic E-state index is 0.0654. The highest BCUT2D eigenvalue weighted by molar-refractivity contribution is 5.86. The Morgan fingerprint density at radius 1 is 1.04 bits per heavy atom. The molecule has 1 aliphatic rings. The average molecular weight is 393 g/mol. The molecule has 0 atom stereocenters. The third-order valence-electron chi connectivity index (χ3n) is 5.03. The van der Waals surface area contributed by atoms with E-state index in [-0.39, 0.29) is 6.10 Å². The van der Waals surface area contributed by atoms with E-state index < -0.39 is 12.7 Å². The number of benzene rings is 1. The summed E-state index contributed by atoms with van der Waals surface area (Å²) in [5, 5.41) is 8.93. The third kappa shape index (κ3) is 4.46. The molecular weight excluding hydrogens is 371 g/mol. The van der Waals surface area contributed by atoms with E-state index >= 15 is 0 Å². The number of ether oxygens (including phenoxy) is 1. The van der Waals surface area contributed by atoms with Crippen molar-refractivity contribution >= 4 is 10.9 Å². The minimum Gasteiger partial charge on any atom is -0.490 e. The number of fused-ring (bicyclic) bond motifs is 1. The van der Waals surface area contributed by atoms with Crippen LogP contribution in [0.3, 0.4) is 0 Å². The van der Waals surface area contributed by atoms with Crippen LogP contribution in [0.25, 0.3) is 10.9 Å². The highest BCUT2D eigenvalue weighted by Crippen LogP contribution is 2.30. The van der Waals surface area contributed by atoms with Crippen LogP contribution in [0.4, 0.5) is 13.2 Å². The van der Waals surface area contributed by atoms with Gasteiger partial charge >= 0.3 is 6.18 Å². The quantitative estimate of drug-likeness (QED) is 0.645. The SMILES string of the molecule is FC(F)(F)Cn1ccc2c(OC3CCN(CCn4nccn4)CC3)cccc21. The predicted molar refractivity (Wildman–Crippen MR) is 98.1 cm³/mol. The summed E-state index contributed by atoms with van der Waals surface area (Å²) in [7, 11) is 0. The Morgan fingerprint density at radius 2 is 1.79 bits per heavy atom. The lowest BCUT2D eigenvalue weighted by Crippen LogP contribution is -2.39. The molecule has 1 aliphatic heterocycles. The van der Waals surface area contributed by atoms with Crippen LogP contribution >= 0.6 is 0 Å². The van der Waals surface area contributed by atoms with Crippen molar-refractivity contribution in [3.63, 3.8) is 0 Å². The molecule has 0 amide bonds. The molecule has 3 heterocycles. The maximum Gasteiger partial charge on any atom is 0.406 e. The lowest BCUT2D eigenvalue weighted by molar-refractivity contribution is -0.139. The van der Waals surface area contributed by atoms with Crippen LogP contribution in [-0.4, -0.2) is 56.4 Å². The van der Waals surface area contributed by atoms with Crippen LogP contribution in [0.2, 0.25) is 0 Å². The maximum absolute atomic E-state index is 12.7. The maximum atomic E-state index is 12.7. The molecule has 0 N–H and O–H groups in total. The largest absolute Gasteiger partial charge is 0.490 e. The number of hydrogen-bond acceptors (Lipinski definition) is 4. The van der Waals surface area contributed by atoms with E-state index in [9.17, 15) is 13.2 Å². The first-order valence-electron chi connectivity index (χ1n) is 9.36.